The van der Waals surface area contributed by atoms with Crippen molar-refractivity contribution in [2.24, 2.45) is 17.6 Å². The van der Waals surface area contributed by atoms with E-state index in [1.165, 1.54) is 31.2 Å². The Labute approximate surface area is 149 Å². The zero-order valence-corrected chi connectivity index (χ0v) is 14.7. The van der Waals surface area contributed by atoms with Crippen LogP contribution in [0.3, 0.4) is 0 Å². The number of nitrogens with two attached hydrogens (primary N) is 1. The number of hydrogen-bond donors (Lipinski definition) is 2. The van der Waals surface area contributed by atoms with E-state index in [-0.39, 0.29) is 5.56 Å². The molecule has 0 aliphatic heterocycles. The van der Waals surface area contributed by atoms with Crippen LogP contribution >= 0.6 is 11.6 Å². The molecule has 0 bridgehead atoms. The summed E-state index contributed by atoms with van der Waals surface area (Å²) in [5.41, 5.74) is 5.56. The van der Waals surface area contributed by atoms with Crippen LogP contribution in [0.15, 0.2) is 24.3 Å². The largest absolute Gasteiger partial charge is 0.468 e. The summed E-state index contributed by atoms with van der Waals surface area (Å²) in [5, 5.41) is 2.86. The van der Waals surface area contributed by atoms with Gasteiger partial charge in [-0.1, -0.05) is 18.5 Å². The predicted molar refractivity (Wildman–Crippen MR) is 88.6 cm³/mol. The van der Waals surface area contributed by atoms with Crippen LogP contribution in [0.25, 0.3) is 0 Å². The van der Waals surface area contributed by atoms with Crippen LogP contribution in [0.1, 0.15) is 17.3 Å². The molecule has 2 atom stereocenters. The highest BCUT2D eigenvalue weighted by Crippen LogP contribution is 2.20. The summed E-state index contributed by atoms with van der Waals surface area (Å²) in [4.78, 5) is 47.8. The summed E-state index contributed by atoms with van der Waals surface area (Å²) in [6.45, 7) is 1.41. The number of ether oxygens (including phenoxy) is 2. The fourth-order valence-electron chi connectivity index (χ4n) is 2.26. The Morgan fingerprint density at radius 1 is 1.04 bits per heavy atom. The standard InChI is InChI=1S/C16H19ClN2O6/c1-8(11(15(22)24-2)16(23)25-3)12(13(18)20)19-14(21)9-4-6-10(17)7-5-9/h4-8,11-12H,1-3H3,(H2,18,20)(H,19,21)/t8-,12+/m1/s1. The zero-order valence-electron chi connectivity index (χ0n) is 13.9. The van der Waals surface area contributed by atoms with Gasteiger partial charge in [-0.05, 0) is 24.3 Å². The normalized spacial score (nSPS) is 12.8. The lowest BCUT2D eigenvalue weighted by Gasteiger charge is -2.26. The van der Waals surface area contributed by atoms with Crippen molar-refractivity contribution < 1.29 is 28.7 Å². The van der Waals surface area contributed by atoms with Crippen molar-refractivity contribution in [1.29, 1.82) is 0 Å². The fraction of sp³-hybridized carbons (Fsp3) is 0.375. The molecule has 0 heterocycles. The van der Waals surface area contributed by atoms with Gasteiger partial charge in [0.15, 0.2) is 5.92 Å². The minimum Gasteiger partial charge on any atom is -0.468 e. The highest BCUT2D eigenvalue weighted by molar-refractivity contribution is 6.30. The number of nitrogens with one attached hydrogen (secondary N) is 1. The van der Waals surface area contributed by atoms with E-state index in [0.717, 1.165) is 14.2 Å². The molecule has 1 aromatic rings. The van der Waals surface area contributed by atoms with Gasteiger partial charge in [0.1, 0.15) is 6.04 Å². The number of carbonyl (C=O) groups is 4. The first-order valence-electron chi connectivity index (χ1n) is 7.24. The molecule has 3 N–H and O–H groups in total. The number of primary amides is 1. The van der Waals surface area contributed by atoms with Gasteiger partial charge in [0.05, 0.1) is 14.2 Å². The molecular weight excluding hydrogens is 352 g/mol. The van der Waals surface area contributed by atoms with Crippen molar-refractivity contribution in [3.8, 4) is 0 Å². The Hall–Kier alpha value is -2.61. The monoisotopic (exact) mass is 370 g/mol. The summed E-state index contributed by atoms with van der Waals surface area (Å²) < 4.78 is 9.14. The number of carbonyl (C=O) groups excluding carboxylic acids is 4. The van der Waals surface area contributed by atoms with E-state index in [1.807, 2.05) is 0 Å². The van der Waals surface area contributed by atoms with E-state index < -0.39 is 41.6 Å². The number of esters is 2. The van der Waals surface area contributed by atoms with Crippen LogP contribution < -0.4 is 11.1 Å². The first kappa shape index (κ1) is 20.4. The summed E-state index contributed by atoms with van der Waals surface area (Å²) in [5.74, 6) is -5.72. The van der Waals surface area contributed by atoms with Crippen LogP contribution in [0.5, 0.6) is 0 Å². The summed E-state index contributed by atoms with van der Waals surface area (Å²) >= 11 is 5.76. The highest BCUT2D eigenvalue weighted by Gasteiger charge is 2.41. The van der Waals surface area contributed by atoms with E-state index in [9.17, 15) is 19.2 Å². The number of halogens is 1. The number of amides is 2. The van der Waals surface area contributed by atoms with Gasteiger partial charge < -0.3 is 20.5 Å². The summed E-state index contributed by atoms with van der Waals surface area (Å²) in [7, 11) is 2.19. The van der Waals surface area contributed by atoms with Crippen LogP contribution in [0.4, 0.5) is 0 Å². The quantitative estimate of drug-likeness (QED) is 0.532. The van der Waals surface area contributed by atoms with Crippen molar-refractivity contribution in [1.82, 2.24) is 5.32 Å². The Kier molecular flexibility index (Phi) is 7.38. The van der Waals surface area contributed by atoms with Crippen molar-refractivity contribution >= 4 is 35.4 Å². The lowest BCUT2D eigenvalue weighted by atomic mass is 9.86. The lowest BCUT2D eigenvalue weighted by Crippen LogP contribution is -2.52. The van der Waals surface area contributed by atoms with Crippen LogP contribution in [0.2, 0.25) is 5.02 Å². The van der Waals surface area contributed by atoms with E-state index in [1.54, 1.807) is 0 Å². The third kappa shape index (κ3) is 5.18. The van der Waals surface area contributed by atoms with Gasteiger partial charge >= 0.3 is 11.9 Å². The molecule has 25 heavy (non-hydrogen) atoms. The molecule has 0 spiro atoms. The topological polar surface area (TPSA) is 125 Å². The molecule has 8 nitrogen and oxygen atoms in total. The Morgan fingerprint density at radius 3 is 1.92 bits per heavy atom. The van der Waals surface area contributed by atoms with E-state index in [0.29, 0.717) is 5.02 Å². The Balaban J connectivity index is 3.06. The van der Waals surface area contributed by atoms with Crippen molar-refractivity contribution in [2.45, 2.75) is 13.0 Å². The molecule has 0 saturated heterocycles. The van der Waals surface area contributed by atoms with Crippen molar-refractivity contribution in [3.63, 3.8) is 0 Å². The first-order valence-corrected chi connectivity index (χ1v) is 7.62. The molecule has 136 valence electrons. The predicted octanol–water partition coefficient (Wildman–Crippen LogP) is 0.522. The molecule has 0 unspecified atom stereocenters. The van der Waals surface area contributed by atoms with Crippen LogP contribution in [-0.4, -0.2) is 44.0 Å². The lowest BCUT2D eigenvalue weighted by molar-refractivity contribution is -0.161. The van der Waals surface area contributed by atoms with Gasteiger partial charge in [-0.2, -0.15) is 0 Å². The van der Waals surface area contributed by atoms with Gasteiger partial charge in [0, 0.05) is 16.5 Å². The minimum atomic E-state index is -1.42. The maximum absolute atomic E-state index is 12.3. The zero-order chi connectivity index (χ0) is 19.1. The fourth-order valence-corrected chi connectivity index (χ4v) is 2.39. The highest BCUT2D eigenvalue weighted by atomic mass is 35.5. The molecule has 0 saturated carbocycles. The Bertz CT molecular complexity index is 645. The summed E-state index contributed by atoms with van der Waals surface area (Å²) in [6, 6.07) is 4.62. The molecule has 0 radical (unpaired) electrons. The molecule has 9 heteroatoms. The molecular formula is C16H19ClN2O6. The van der Waals surface area contributed by atoms with Gasteiger partial charge in [0.2, 0.25) is 5.91 Å². The van der Waals surface area contributed by atoms with E-state index in [4.69, 9.17) is 17.3 Å². The van der Waals surface area contributed by atoms with Crippen LogP contribution in [-0.2, 0) is 23.9 Å². The second-order valence-electron chi connectivity index (χ2n) is 5.24. The van der Waals surface area contributed by atoms with Crippen molar-refractivity contribution in [2.75, 3.05) is 14.2 Å². The average Bonchev–Trinajstić information content (AvgIpc) is 2.59. The molecule has 0 fully saturated rings. The molecule has 0 aromatic heterocycles. The first-order chi connectivity index (χ1) is 11.7. The van der Waals surface area contributed by atoms with E-state index >= 15 is 0 Å². The minimum absolute atomic E-state index is 0.232. The molecule has 1 aromatic carbocycles. The average molecular weight is 371 g/mol. The summed E-state index contributed by atoms with van der Waals surface area (Å²) in [6.07, 6.45) is 0. The second-order valence-corrected chi connectivity index (χ2v) is 5.68. The van der Waals surface area contributed by atoms with Gasteiger partial charge in [0.25, 0.3) is 5.91 Å². The SMILES string of the molecule is COC(=O)C(C(=O)OC)[C@@H](C)[C@H](NC(=O)c1ccc(Cl)cc1)C(N)=O. The second kappa shape index (κ2) is 9.03. The maximum Gasteiger partial charge on any atom is 0.320 e. The third-order valence-electron chi connectivity index (χ3n) is 3.66. The van der Waals surface area contributed by atoms with Gasteiger partial charge in [-0.25, -0.2) is 0 Å². The molecule has 0 aliphatic rings. The maximum atomic E-state index is 12.3. The Morgan fingerprint density at radius 2 is 1.52 bits per heavy atom. The number of benzene rings is 1. The third-order valence-corrected chi connectivity index (χ3v) is 3.91. The van der Waals surface area contributed by atoms with E-state index in [2.05, 4.69) is 14.8 Å². The number of methoxy groups -OCH3 is 2. The van der Waals surface area contributed by atoms with Gasteiger partial charge in [-0.3, -0.25) is 19.2 Å². The molecule has 0 aliphatic carbocycles. The number of rotatable bonds is 7. The van der Waals surface area contributed by atoms with Gasteiger partial charge in [-0.15, -0.1) is 0 Å². The smallest absolute Gasteiger partial charge is 0.320 e. The number of hydrogen-bond acceptors (Lipinski definition) is 6. The molecule has 2 amide bonds. The van der Waals surface area contributed by atoms with Crippen LogP contribution in [0, 0.1) is 11.8 Å². The molecule has 1 rings (SSSR count). The van der Waals surface area contributed by atoms with Crippen molar-refractivity contribution in [3.05, 3.63) is 34.9 Å².